The molecule has 0 amide bonds. The monoisotopic (exact) mass is 371 g/mol. The molecule has 0 bridgehead atoms. The van der Waals surface area contributed by atoms with E-state index in [1.54, 1.807) is 0 Å². The Hall–Kier alpha value is 0.930. The molecule has 1 rings (SSSR count). The number of halogens is 2. The van der Waals surface area contributed by atoms with Crippen molar-refractivity contribution in [3.8, 4) is 0 Å². The summed E-state index contributed by atoms with van der Waals surface area (Å²) in [5, 5.41) is 0. The van der Waals surface area contributed by atoms with Crippen LogP contribution in [0.15, 0.2) is 23.3 Å². The van der Waals surface area contributed by atoms with Crippen molar-refractivity contribution in [3.05, 3.63) is 29.7 Å². The van der Waals surface area contributed by atoms with Crippen LogP contribution in [0.25, 0.3) is 0 Å². The van der Waals surface area contributed by atoms with Crippen LogP contribution in [0.1, 0.15) is 26.7 Å². The molecule has 3 heteroatoms. The number of hydrogen-bond donors (Lipinski definition) is 0. The first kappa shape index (κ1) is 12.9. The summed E-state index contributed by atoms with van der Waals surface area (Å²) >= 11 is -0.972. The average Bonchev–Trinajstić information content (AvgIpc) is 2.52. The zero-order valence-electron chi connectivity index (χ0n) is 7.40. The van der Waals surface area contributed by atoms with Gasteiger partial charge in [0.05, 0.1) is 0 Å². The Morgan fingerprint density at radius 1 is 1.08 bits per heavy atom. The van der Waals surface area contributed by atoms with Gasteiger partial charge in [-0.2, -0.15) is 0 Å². The zero-order chi connectivity index (χ0) is 9.40. The summed E-state index contributed by atoms with van der Waals surface area (Å²) in [4.78, 5) is 0. The summed E-state index contributed by atoms with van der Waals surface area (Å²) in [7, 11) is 9.92. The Morgan fingerprint density at radius 2 is 1.42 bits per heavy atom. The second-order valence-corrected chi connectivity index (χ2v) is 7.55. The van der Waals surface area contributed by atoms with E-state index in [1.807, 2.05) is 0 Å². The van der Waals surface area contributed by atoms with Gasteiger partial charge in [-0.05, 0) is 24.0 Å². The number of rotatable bonds is 2. The van der Waals surface area contributed by atoms with Gasteiger partial charge in [0.2, 0.25) is 0 Å². The van der Waals surface area contributed by atoms with Crippen molar-refractivity contribution in [1.29, 1.82) is 0 Å². The normalized spacial score (nSPS) is 14.3. The van der Waals surface area contributed by atoms with Crippen LogP contribution in [-0.4, -0.2) is 0 Å². The van der Waals surface area contributed by atoms with Gasteiger partial charge in [-0.1, -0.05) is 26.0 Å². The molecule has 67 valence electrons. The first-order valence-corrected chi connectivity index (χ1v) is 12.9. The van der Waals surface area contributed by atoms with Crippen molar-refractivity contribution < 1.29 is 20.5 Å². The van der Waals surface area contributed by atoms with E-state index in [-0.39, 0.29) is 0 Å². The van der Waals surface area contributed by atoms with Crippen LogP contribution in [0.5, 0.6) is 0 Å². The minimum absolute atomic E-state index is 0.972. The van der Waals surface area contributed by atoms with Gasteiger partial charge in [-0.3, -0.25) is 0 Å². The van der Waals surface area contributed by atoms with E-state index in [2.05, 4.69) is 32.4 Å². The Morgan fingerprint density at radius 3 is 1.67 bits per heavy atom. The Balaban J connectivity index is 0.000000354. The van der Waals surface area contributed by atoms with Crippen molar-refractivity contribution >= 4 is 17.2 Å². The molecule has 0 heterocycles. The van der Waals surface area contributed by atoms with E-state index in [0.29, 0.717) is 0 Å². The van der Waals surface area contributed by atoms with Crippen molar-refractivity contribution in [1.82, 2.24) is 0 Å². The molecule has 1 aliphatic carbocycles. The molecule has 1 aliphatic rings. The predicted octanol–water partition coefficient (Wildman–Crippen LogP) is 4.25. The molecule has 0 atom stereocenters. The number of hydrogen-bond acceptors (Lipinski definition) is 0. The quantitative estimate of drug-likeness (QED) is 0.637. The third-order valence-electron chi connectivity index (χ3n) is 1.77. The molecule has 0 aromatic carbocycles. The van der Waals surface area contributed by atoms with E-state index in [4.69, 9.17) is 17.2 Å². The first-order valence-electron chi connectivity index (χ1n) is 3.99. The number of allylic oxidation sites excluding steroid dienone is 4. The predicted molar refractivity (Wildman–Crippen MR) is 52.8 cm³/mol. The molecule has 0 saturated carbocycles. The molecule has 0 unspecified atom stereocenters. The maximum atomic E-state index is 4.96. The zero-order valence-corrected chi connectivity index (χ0v) is 12.5. The molecule has 0 aromatic heterocycles. The molecule has 0 aromatic rings. The maximum absolute atomic E-state index is 4.96. The summed E-state index contributed by atoms with van der Waals surface area (Å²) in [6.45, 7) is 4.41. The third kappa shape index (κ3) is 4.84. The van der Waals surface area contributed by atoms with E-state index in [9.17, 15) is 0 Å². The SMILES string of the molecule is CCC1=C[CH]C=C1CC.[Cl][Hf][Cl]. The van der Waals surface area contributed by atoms with Gasteiger partial charge in [0.15, 0.2) is 0 Å². The van der Waals surface area contributed by atoms with Crippen LogP contribution in [0, 0.1) is 6.42 Å². The molecule has 0 saturated heterocycles. The van der Waals surface area contributed by atoms with Gasteiger partial charge in [0, 0.05) is 6.42 Å². The van der Waals surface area contributed by atoms with Gasteiger partial charge in [0.25, 0.3) is 0 Å². The van der Waals surface area contributed by atoms with Gasteiger partial charge < -0.3 is 0 Å². The van der Waals surface area contributed by atoms with Gasteiger partial charge >= 0.3 is 37.7 Å². The van der Waals surface area contributed by atoms with E-state index >= 15 is 0 Å². The fourth-order valence-corrected chi connectivity index (χ4v) is 1.18. The second-order valence-electron chi connectivity index (χ2n) is 2.35. The topological polar surface area (TPSA) is 0 Å². The van der Waals surface area contributed by atoms with Gasteiger partial charge in [-0.25, -0.2) is 0 Å². The van der Waals surface area contributed by atoms with E-state index in [1.165, 1.54) is 24.0 Å². The fraction of sp³-hybridized carbons (Fsp3) is 0.444. The van der Waals surface area contributed by atoms with Crippen LogP contribution in [0.3, 0.4) is 0 Å². The Kier molecular flexibility index (Phi) is 9.19. The summed E-state index contributed by atoms with van der Waals surface area (Å²) < 4.78 is 0. The van der Waals surface area contributed by atoms with Gasteiger partial charge in [0.1, 0.15) is 0 Å². The minimum atomic E-state index is -0.972. The van der Waals surface area contributed by atoms with Crippen LogP contribution in [0.2, 0.25) is 0 Å². The molecule has 0 aliphatic heterocycles. The van der Waals surface area contributed by atoms with Crippen molar-refractivity contribution in [3.63, 3.8) is 0 Å². The molecule has 0 N–H and O–H groups in total. The molecular weight excluding hydrogens is 357 g/mol. The van der Waals surface area contributed by atoms with Crippen LogP contribution in [0.4, 0.5) is 0 Å². The fourth-order valence-electron chi connectivity index (χ4n) is 1.18. The first-order chi connectivity index (χ1) is 5.79. The third-order valence-corrected chi connectivity index (χ3v) is 1.77. The Labute approximate surface area is 93.5 Å². The second kappa shape index (κ2) is 8.52. The van der Waals surface area contributed by atoms with Crippen LogP contribution >= 0.6 is 17.2 Å². The molecular formula is C9H13Cl2Hf. The Bertz CT molecular complexity index is 155. The molecule has 1 radical (unpaired) electrons. The van der Waals surface area contributed by atoms with Crippen molar-refractivity contribution in [2.24, 2.45) is 0 Å². The molecule has 0 fully saturated rings. The van der Waals surface area contributed by atoms with E-state index in [0.717, 1.165) is 0 Å². The summed E-state index contributed by atoms with van der Waals surface area (Å²) in [6.07, 6.45) is 8.90. The van der Waals surface area contributed by atoms with Gasteiger partial charge in [-0.15, -0.1) is 0 Å². The van der Waals surface area contributed by atoms with Crippen molar-refractivity contribution in [2.75, 3.05) is 0 Å². The standard InChI is InChI=1S/C9H13.2ClH.Hf/c1-3-8-6-5-7-9(8)4-2;;;/h5-7H,3-4H2,1-2H3;2*1H;/q;;;+2/p-2. The molecule has 0 spiro atoms. The van der Waals surface area contributed by atoms with E-state index < -0.39 is 20.5 Å². The molecule has 0 nitrogen and oxygen atoms in total. The van der Waals surface area contributed by atoms with Crippen LogP contribution in [-0.2, 0) is 20.5 Å². The summed E-state index contributed by atoms with van der Waals surface area (Å²) in [6, 6.07) is 0. The molecule has 12 heavy (non-hydrogen) atoms. The van der Waals surface area contributed by atoms with Crippen LogP contribution < -0.4 is 0 Å². The van der Waals surface area contributed by atoms with Crippen molar-refractivity contribution in [2.45, 2.75) is 26.7 Å². The summed E-state index contributed by atoms with van der Waals surface area (Å²) in [5.41, 5.74) is 3.02. The summed E-state index contributed by atoms with van der Waals surface area (Å²) in [5.74, 6) is 0. The average molecular weight is 371 g/mol.